The van der Waals surface area contributed by atoms with Crippen LogP contribution in [-0.2, 0) is 16.6 Å². The highest BCUT2D eigenvalue weighted by Gasteiger charge is 2.55. The van der Waals surface area contributed by atoms with Crippen molar-refractivity contribution >= 4 is 5.78 Å². The number of phenolic OH excluding ortho intramolecular Hbond substituents is 1. The second-order valence-corrected chi connectivity index (χ2v) is 7.76. The molecule has 1 aromatic rings. The van der Waals surface area contributed by atoms with Crippen molar-refractivity contribution in [2.75, 3.05) is 13.1 Å². The number of Topliss-reactive ketones (excluding diaryl/α,β-unsaturated/α-hetero) is 1. The van der Waals surface area contributed by atoms with E-state index in [0.29, 0.717) is 29.9 Å². The third-order valence-corrected chi connectivity index (χ3v) is 6.64. The first-order valence-electron chi connectivity index (χ1n) is 9.22. The van der Waals surface area contributed by atoms with Crippen molar-refractivity contribution in [1.82, 2.24) is 4.90 Å². The zero-order chi connectivity index (χ0) is 16.0. The maximum absolute atomic E-state index is 12.2. The quantitative estimate of drug-likeness (QED) is 0.929. The number of aromatic hydroxyl groups is 1. The minimum absolute atomic E-state index is 0.133. The number of unbranched alkanes of at least 4 members (excludes halogenated alkanes) is 1. The van der Waals surface area contributed by atoms with Gasteiger partial charge in [-0.05, 0) is 68.0 Å². The van der Waals surface area contributed by atoms with Crippen LogP contribution >= 0.6 is 0 Å². The summed E-state index contributed by atoms with van der Waals surface area (Å²) in [5, 5.41) is 10.0. The van der Waals surface area contributed by atoms with Gasteiger partial charge in [-0.15, -0.1) is 0 Å². The summed E-state index contributed by atoms with van der Waals surface area (Å²) in [4.78, 5) is 14.8. The fraction of sp³-hybridized carbons (Fsp3) is 0.650. The number of carbonyl (C=O) groups is 1. The molecule has 1 heterocycles. The maximum atomic E-state index is 12.2. The van der Waals surface area contributed by atoms with Crippen LogP contribution in [0.4, 0.5) is 0 Å². The van der Waals surface area contributed by atoms with Crippen LogP contribution in [0.3, 0.4) is 0 Å². The molecule has 4 rings (SSSR count). The number of likely N-dealkylation sites (tertiary alicyclic amines) is 1. The summed E-state index contributed by atoms with van der Waals surface area (Å²) in [6.07, 6.45) is 7.08. The van der Waals surface area contributed by atoms with Crippen molar-refractivity contribution in [3.8, 4) is 5.75 Å². The molecule has 0 aromatic heterocycles. The largest absolute Gasteiger partial charge is 0.508 e. The molecule has 124 valence electrons. The molecule has 0 unspecified atom stereocenters. The summed E-state index contributed by atoms with van der Waals surface area (Å²) in [7, 11) is 0. The second-order valence-electron chi connectivity index (χ2n) is 7.76. The van der Waals surface area contributed by atoms with E-state index >= 15 is 0 Å². The molecule has 0 spiro atoms. The van der Waals surface area contributed by atoms with Crippen molar-refractivity contribution in [2.24, 2.45) is 5.92 Å². The molecule has 0 radical (unpaired) electrons. The maximum Gasteiger partial charge on any atom is 0.133 e. The number of nitrogens with zero attached hydrogens (tertiary/aromatic N) is 1. The van der Waals surface area contributed by atoms with Crippen LogP contribution in [0.2, 0.25) is 0 Å². The monoisotopic (exact) mass is 313 g/mol. The van der Waals surface area contributed by atoms with Gasteiger partial charge >= 0.3 is 0 Å². The van der Waals surface area contributed by atoms with Gasteiger partial charge in [-0.1, -0.05) is 19.4 Å². The van der Waals surface area contributed by atoms with Crippen LogP contribution in [0, 0.1) is 5.92 Å². The molecule has 1 saturated heterocycles. The Balaban J connectivity index is 1.77. The Kier molecular flexibility index (Phi) is 3.72. The van der Waals surface area contributed by atoms with E-state index in [1.807, 2.05) is 12.1 Å². The average molecular weight is 313 g/mol. The van der Waals surface area contributed by atoms with Gasteiger partial charge in [-0.2, -0.15) is 0 Å². The van der Waals surface area contributed by atoms with Gasteiger partial charge in [0.05, 0.1) is 0 Å². The van der Waals surface area contributed by atoms with Crippen LogP contribution in [-0.4, -0.2) is 34.9 Å². The van der Waals surface area contributed by atoms with Gasteiger partial charge in [-0.25, -0.2) is 0 Å². The van der Waals surface area contributed by atoms with Crippen LogP contribution in [0.25, 0.3) is 0 Å². The molecule has 3 nitrogen and oxygen atoms in total. The van der Waals surface area contributed by atoms with E-state index in [-0.39, 0.29) is 5.41 Å². The highest BCUT2D eigenvalue weighted by Crippen LogP contribution is 2.55. The number of benzene rings is 1. The van der Waals surface area contributed by atoms with Crippen LogP contribution in [0.15, 0.2) is 18.2 Å². The van der Waals surface area contributed by atoms with Gasteiger partial charge in [0.25, 0.3) is 0 Å². The van der Waals surface area contributed by atoms with E-state index in [9.17, 15) is 9.90 Å². The van der Waals surface area contributed by atoms with Crippen LogP contribution < -0.4 is 0 Å². The van der Waals surface area contributed by atoms with E-state index in [1.54, 1.807) is 0 Å². The van der Waals surface area contributed by atoms with Gasteiger partial charge in [0.2, 0.25) is 0 Å². The van der Waals surface area contributed by atoms with E-state index < -0.39 is 0 Å². The summed E-state index contributed by atoms with van der Waals surface area (Å²) in [6.45, 7) is 4.55. The molecule has 0 amide bonds. The minimum Gasteiger partial charge on any atom is -0.508 e. The lowest BCUT2D eigenvalue weighted by molar-refractivity contribution is -0.127. The fourth-order valence-electron chi connectivity index (χ4n) is 5.48. The normalized spacial score (nSPS) is 33.2. The smallest absolute Gasteiger partial charge is 0.133 e. The lowest BCUT2D eigenvalue weighted by atomic mass is 9.52. The molecule has 1 aliphatic heterocycles. The first-order chi connectivity index (χ1) is 11.1. The summed E-state index contributed by atoms with van der Waals surface area (Å²) >= 11 is 0. The number of fused-ring (bicyclic) bond motifs is 1. The Morgan fingerprint density at radius 1 is 1.30 bits per heavy atom. The number of hydrogen-bond acceptors (Lipinski definition) is 3. The summed E-state index contributed by atoms with van der Waals surface area (Å²) in [6, 6.07) is 6.46. The molecule has 3 atom stereocenters. The Morgan fingerprint density at radius 3 is 3.00 bits per heavy atom. The first kappa shape index (κ1) is 15.2. The van der Waals surface area contributed by atoms with Gasteiger partial charge < -0.3 is 5.11 Å². The predicted octanol–water partition coefficient (Wildman–Crippen LogP) is 3.43. The molecule has 1 aromatic carbocycles. The molecule has 2 bridgehead atoms. The Labute approximate surface area is 138 Å². The molecular weight excluding hydrogens is 286 g/mol. The lowest BCUT2D eigenvalue weighted by Crippen LogP contribution is -2.61. The SMILES string of the molecule is CCCCN1CC[C@]23CCC(=O)C[C@H]2[C@H]1Cc1ccc(O)cc13. The third kappa shape index (κ3) is 2.32. The zero-order valence-electron chi connectivity index (χ0n) is 14.1. The van der Waals surface area contributed by atoms with Gasteiger partial charge in [0, 0.05) is 24.3 Å². The van der Waals surface area contributed by atoms with Gasteiger partial charge in [-0.3, -0.25) is 9.69 Å². The minimum atomic E-state index is 0.133. The highest BCUT2D eigenvalue weighted by atomic mass is 16.3. The molecule has 3 aliphatic rings. The number of hydrogen-bond donors (Lipinski definition) is 1. The Morgan fingerprint density at radius 2 is 2.17 bits per heavy atom. The number of carbonyl (C=O) groups excluding carboxylic acids is 1. The Hall–Kier alpha value is -1.35. The second kappa shape index (κ2) is 5.62. The molecule has 3 heteroatoms. The first-order valence-corrected chi connectivity index (χ1v) is 9.22. The molecule has 23 heavy (non-hydrogen) atoms. The molecule has 1 saturated carbocycles. The number of piperidine rings is 1. The van der Waals surface area contributed by atoms with Gasteiger partial charge in [0.1, 0.15) is 11.5 Å². The number of ketones is 1. The highest BCUT2D eigenvalue weighted by molar-refractivity contribution is 5.80. The topological polar surface area (TPSA) is 40.5 Å². The van der Waals surface area contributed by atoms with Crippen molar-refractivity contribution in [2.45, 2.75) is 63.3 Å². The molecular formula is C20H27NO2. The third-order valence-electron chi connectivity index (χ3n) is 6.64. The standard InChI is InChI=1S/C20H27NO2/c1-2-3-9-21-10-8-20-7-6-16(23)13-18(20)19(21)11-14-4-5-15(22)12-17(14)20/h4-5,12,18-19,22H,2-3,6-11,13H2,1H3/t18-,19+,20-/m0/s1. The van der Waals surface area contributed by atoms with Crippen molar-refractivity contribution < 1.29 is 9.90 Å². The van der Waals surface area contributed by atoms with Crippen LogP contribution in [0.1, 0.15) is 56.6 Å². The van der Waals surface area contributed by atoms with Crippen molar-refractivity contribution in [3.63, 3.8) is 0 Å². The predicted molar refractivity (Wildman–Crippen MR) is 90.7 cm³/mol. The average Bonchev–Trinajstić information content (AvgIpc) is 2.55. The number of rotatable bonds is 3. The van der Waals surface area contributed by atoms with E-state index in [0.717, 1.165) is 38.8 Å². The van der Waals surface area contributed by atoms with E-state index in [2.05, 4.69) is 17.9 Å². The van der Waals surface area contributed by atoms with Gasteiger partial charge in [0.15, 0.2) is 0 Å². The van der Waals surface area contributed by atoms with E-state index in [4.69, 9.17) is 0 Å². The molecule has 2 fully saturated rings. The van der Waals surface area contributed by atoms with Crippen molar-refractivity contribution in [3.05, 3.63) is 29.3 Å². The van der Waals surface area contributed by atoms with E-state index in [1.165, 1.54) is 24.0 Å². The summed E-state index contributed by atoms with van der Waals surface area (Å²) in [5.74, 6) is 1.26. The summed E-state index contributed by atoms with van der Waals surface area (Å²) < 4.78 is 0. The van der Waals surface area contributed by atoms with Crippen molar-refractivity contribution in [1.29, 1.82) is 0 Å². The lowest BCUT2D eigenvalue weighted by Gasteiger charge is -2.58. The van der Waals surface area contributed by atoms with Crippen LogP contribution in [0.5, 0.6) is 5.75 Å². The summed E-state index contributed by atoms with van der Waals surface area (Å²) in [5.41, 5.74) is 2.88. The zero-order valence-corrected chi connectivity index (χ0v) is 14.1. The molecule has 2 aliphatic carbocycles. The fourth-order valence-corrected chi connectivity index (χ4v) is 5.48. The number of phenols is 1. The molecule has 1 N–H and O–H groups in total. The Bertz CT molecular complexity index is 626.